The number of piperidine rings is 1. The Kier molecular flexibility index (Phi) is 9.38. The molecule has 2 aliphatic rings. The van der Waals surface area contributed by atoms with Gasteiger partial charge in [0, 0.05) is 43.7 Å². The summed E-state index contributed by atoms with van der Waals surface area (Å²) in [6, 6.07) is 18.1. The van der Waals surface area contributed by atoms with Crippen LogP contribution in [0.3, 0.4) is 0 Å². The van der Waals surface area contributed by atoms with Crippen LogP contribution in [0, 0.1) is 0 Å². The van der Waals surface area contributed by atoms with Gasteiger partial charge in [-0.05, 0) is 50.2 Å². The Morgan fingerprint density at radius 2 is 1.75 bits per heavy atom. The van der Waals surface area contributed by atoms with Crippen molar-refractivity contribution in [2.24, 2.45) is 5.10 Å². The Morgan fingerprint density at radius 1 is 1.06 bits per heavy atom. The average Bonchev–Trinajstić information content (AvgIpc) is 3.33. The summed E-state index contributed by atoms with van der Waals surface area (Å²) in [6.45, 7) is 3.57. The highest BCUT2D eigenvalue weighted by molar-refractivity contribution is 7.87. The quantitative estimate of drug-likeness (QED) is 0.465. The summed E-state index contributed by atoms with van der Waals surface area (Å²) in [5.41, 5.74) is 3.14. The van der Waals surface area contributed by atoms with Crippen molar-refractivity contribution in [2.45, 2.75) is 31.3 Å². The van der Waals surface area contributed by atoms with E-state index in [1.54, 1.807) is 4.31 Å². The summed E-state index contributed by atoms with van der Waals surface area (Å²) in [6.07, 6.45) is 2.61. The Balaban J connectivity index is 1.57. The van der Waals surface area contributed by atoms with Crippen molar-refractivity contribution in [1.29, 1.82) is 0 Å². The fraction of sp³-hybridized carbons (Fsp3) is 0.500. The molecule has 2 atom stereocenters. The van der Waals surface area contributed by atoms with Crippen LogP contribution in [0.4, 0.5) is 0 Å². The van der Waals surface area contributed by atoms with Crippen molar-refractivity contribution in [3.05, 3.63) is 70.7 Å². The molecule has 0 aromatic heterocycles. The summed E-state index contributed by atoms with van der Waals surface area (Å²) in [5.74, 6) is 0.0595. The molecule has 0 bridgehead atoms. The third-order valence-electron chi connectivity index (χ3n) is 6.69. The van der Waals surface area contributed by atoms with E-state index in [0.29, 0.717) is 31.2 Å². The normalized spacial score (nSPS) is 20.1. The molecule has 2 aromatic rings. The Labute approximate surface area is 220 Å². The fourth-order valence-corrected chi connectivity index (χ4v) is 6.08. The minimum absolute atomic E-state index is 0.0595. The Bertz CT molecular complexity index is 1110. The van der Waals surface area contributed by atoms with E-state index in [2.05, 4.69) is 27.1 Å². The molecule has 0 aliphatic carbocycles. The smallest absolute Gasteiger partial charge is 0.279 e. The molecule has 196 valence electrons. The number of nitrogens with one attached hydrogen (secondary N) is 2. The van der Waals surface area contributed by atoms with Crippen molar-refractivity contribution in [1.82, 2.24) is 24.3 Å². The molecule has 2 N–H and O–H groups in total. The van der Waals surface area contributed by atoms with Gasteiger partial charge in [-0.25, -0.2) is 0 Å². The first kappa shape index (κ1) is 27.0. The lowest BCUT2D eigenvalue weighted by molar-refractivity contribution is 0.181. The monoisotopic (exact) mass is 532 g/mol. The summed E-state index contributed by atoms with van der Waals surface area (Å²) < 4.78 is 30.4. The van der Waals surface area contributed by atoms with Crippen LogP contribution in [-0.2, 0) is 10.2 Å². The molecule has 1 fully saturated rings. The Morgan fingerprint density at radius 3 is 2.42 bits per heavy atom. The maximum atomic E-state index is 13.0. The molecule has 0 radical (unpaired) electrons. The fourth-order valence-electron chi connectivity index (χ4n) is 4.67. The molecule has 2 aromatic carbocycles. The Hall–Kier alpha value is -2.01. The predicted octanol–water partition coefficient (Wildman–Crippen LogP) is 2.94. The maximum Gasteiger partial charge on any atom is 0.279 e. The molecule has 4 rings (SSSR count). The highest BCUT2D eigenvalue weighted by Crippen LogP contribution is 2.30. The first-order valence-electron chi connectivity index (χ1n) is 12.6. The number of likely N-dealkylation sites (N-methyl/N-ethyl adjacent to an activating group) is 1. The van der Waals surface area contributed by atoms with Gasteiger partial charge in [0.25, 0.3) is 10.2 Å². The van der Waals surface area contributed by atoms with E-state index in [9.17, 15) is 8.42 Å². The van der Waals surface area contributed by atoms with E-state index >= 15 is 0 Å². The molecular weight excluding hydrogens is 496 g/mol. The SMILES string of the molecule is CN(C)CCNC(CNS(=O)(=O)N1CCCCC1)N1CC(c2ccccc2)C(c2ccc(Cl)cc2)=N1. The summed E-state index contributed by atoms with van der Waals surface area (Å²) in [5, 5.41) is 11.2. The van der Waals surface area contributed by atoms with Crippen molar-refractivity contribution in [3.8, 4) is 0 Å². The number of hydrazone groups is 1. The van der Waals surface area contributed by atoms with E-state index in [1.807, 2.05) is 61.6 Å². The van der Waals surface area contributed by atoms with Crippen molar-refractivity contribution < 1.29 is 8.42 Å². The van der Waals surface area contributed by atoms with Gasteiger partial charge >= 0.3 is 0 Å². The molecule has 10 heteroatoms. The third-order valence-corrected chi connectivity index (χ3v) is 8.52. The van der Waals surface area contributed by atoms with Gasteiger partial charge in [0.1, 0.15) is 6.17 Å². The van der Waals surface area contributed by atoms with E-state index in [4.69, 9.17) is 16.7 Å². The highest BCUT2D eigenvalue weighted by Gasteiger charge is 2.34. The lowest BCUT2D eigenvalue weighted by atomic mass is 9.90. The first-order valence-corrected chi connectivity index (χ1v) is 14.4. The molecule has 2 aliphatic heterocycles. The molecule has 0 amide bonds. The second kappa shape index (κ2) is 12.5. The summed E-state index contributed by atoms with van der Waals surface area (Å²) in [4.78, 5) is 2.10. The van der Waals surface area contributed by atoms with Crippen molar-refractivity contribution in [3.63, 3.8) is 0 Å². The van der Waals surface area contributed by atoms with E-state index < -0.39 is 10.2 Å². The predicted molar refractivity (Wildman–Crippen MR) is 147 cm³/mol. The average molecular weight is 533 g/mol. The molecule has 0 saturated carbocycles. The molecule has 2 heterocycles. The maximum absolute atomic E-state index is 13.0. The van der Waals surface area contributed by atoms with Crippen LogP contribution < -0.4 is 10.0 Å². The van der Waals surface area contributed by atoms with Crippen LogP contribution in [0.2, 0.25) is 5.02 Å². The van der Waals surface area contributed by atoms with Gasteiger partial charge in [-0.15, -0.1) is 0 Å². The van der Waals surface area contributed by atoms with Gasteiger partial charge in [0.2, 0.25) is 0 Å². The minimum atomic E-state index is -3.54. The van der Waals surface area contributed by atoms with Crippen molar-refractivity contribution in [2.75, 3.05) is 53.4 Å². The zero-order chi connectivity index (χ0) is 25.5. The molecule has 0 spiro atoms. The van der Waals surface area contributed by atoms with Crippen LogP contribution in [0.25, 0.3) is 0 Å². The van der Waals surface area contributed by atoms with Gasteiger partial charge in [-0.3, -0.25) is 10.3 Å². The number of rotatable bonds is 11. The molecule has 1 saturated heterocycles. The largest absolute Gasteiger partial charge is 0.308 e. The van der Waals surface area contributed by atoms with E-state index in [-0.39, 0.29) is 18.6 Å². The topological polar surface area (TPSA) is 80.3 Å². The molecule has 36 heavy (non-hydrogen) atoms. The molecule has 8 nitrogen and oxygen atoms in total. The minimum Gasteiger partial charge on any atom is -0.308 e. The van der Waals surface area contributed by atoms with Crippen LogP contribution in [-0.4, -0.2) is 87.9 Å². The number of halogens is 1. The van der Waals surface area contributed by atoms with Crippen LogP contribution in [0.1, 0.15) is 36.3 Å². The second-order valence-electron chi connectivity index (χ2n) is 9.66. The number of benzene rings is 2. The van der Waals surface area contributed by atoms with Crippen LogP contribution in [0.15, 0.2) is 59.7 Å². The van der Waals surface area contributed by atoms with Gasteiger partial charge in [-0.1, -0.05) is 60.5 Å². The lowest BCUT2D eigenvalue weighted by Crippen LogP contribution is -2.53. The third kappa shape index (κ3) is 7.06. The number of hydrogen-bond donors (Lipinski definition) is 2. The summed E-state index contributed by atoms with van der Waals surface area (Å²) >= 11 is 6.15. The van der Waals surface area contributed by atoms with E-state index in [1.165, 1.54) is 5.56 Å². The number of hydrogen-bond acceptors (Lipinski definition) is 6. The van der Waals surface area contributed by atoms with Gasteiger partial charge in [0.05, 0.1) is 12.3 Å². The second-order valence-corrected chi connectivity index (χ2v) is 11.9. The van der Waals surface area contributed by atoms with Gasteiger partial charge in [-0.2, -0.15) is 22.5 Å². The lowest BCUT2D eigenvalue weighted by Gasteiger charge is -2.31. The standard InChI is InChI=1S/C26H37ClN6O2S/c1-31(2)18-15-28-25(19-29-36(34,35)32-16-7-4-8-17-32)33-20-24(21-9-5-3-6-10-21)26(30-33)22-11-13-23(27)14-12-22/h3,5-6,9-14,24-25,28-29H,4,7-8,15-20H2,1-2H3. The molecular formula is C26H37ClN6O2S. The van der Waals surface area contributed by atoms with Crippen molar-refractivity contribution >= 4 is 27.5 Å². The zero-order valence-corrected chi connectivity index (χ0v) is 22.7. The van der Waals surface area contributed by atoms with Crippen LogP contribution in [0.5, 0.6) is 0 Å². The molecule has 2 unspecified atom stereocenters. The number of nitrogens with zero attached hydrogens (tertiary/aromatic N) is 4. The first-order chi connectivity index (χ1) is 17.3. The van der Waals surface area contributed by atoms with Crippen LogP contribution >= 0.6 is 11.6 Å². The van der Waals surface area contributed by atoms with E-state index in [0.717, 1.165) is 37.1 Å². The highest BCUT2D eigenvalue weighted by atomic mass is 35.5. The summed E-state index contributed by atoms with van der Waals surface area (Å²) in [7, 11) is 0.501. The van der Waals surface area contributed by atoms with Gasteiger partial charge < -0.3 is 4.90 Å². The van der Waals surface area contributed by atoms with Gasteiger partial charge in [0.15, 0.2) is 0 Å². The zero-order valence-electron chi connectivity index (χ0n) is 21.1.